The number of carbonyl (C=O) groups is 1. The molecule has 4 rings (SSSR count). The van der Waals surface area contributed by atoms with Gasteiger partial charge in [0.2, 0.25) is 17.5 Å². The summed E-state index contributed by atoms with van der Waals surface area (Å²) >= 11 is 0. The molecule has 3 heterocycles. The normalized spacial score (nSPS) is 11.0. The molecule has 3 aromatic heterocycles. The molecule has 0 aliphatic carbocycles. The molecule has 0 aliphatic heterocycles. The van der Waals surface area contributed by atoms with E-state index in [9.17, 15) is 9.59 Å². The molecule has 0 aliphatic rings. The van der Waals surface area contributed by atoms with Gasteiger partial charge >= 0.3 is 0 Å². The smallest absolute Gasteiger partial charge is 0.275 e. The molecular weight excluding hydrogens is 348 g/mol. The van der Waals surface area contributed by atoms with Crippen molar-refractivity contribution >= 4 is 17.4 Å². The lowest BCUT2D eigenvalue weighted by Crippen LogP contribution is -2.25. The molecule has 0 bridgehead atoms. The lowest BCUT2D eigenvalue weighted by Gasteiger charge is -2.11. The average molecular weight is 364 g/mol. The minimum absolute atomic E-state index is 0.0158. The Labute approximate surface area is 153 Å². The molecule has 9 heteroatoms. The standard InChI is InChI=1S/C18H16N6O3/c1-11-3-5-13(6-4-11)20-15(25)9-23-12(2)7-16(26)24-18(23)21-17(22-24)14-8-19-10-27-14/h3-8,10H,9H2,1-2H3,(H,20,25). The fraction of sp³-hybridized carbons (Fsp3) is 0.167. The zero-order valence-corrected chi connectivity index (χ0v) is 14.7. The average Bonchev–Trinajstić information content (AvgIpc) is 3.30. The fourth-order valence-corrected chi connectivity index (χ4v) is 2.71. The van der Waals surface area contributed by atoms with Crippen LogP contribution in [0.15, 0.2) is 52.1 Å². The highest BCUT2D eigenvalue weighted by Gasteiger charge is 2.17. The van der Waals surface area contributed by atoms with Crippen molar-refractivity contribution in [3.63, 3.8) is 0 Å². The van der Waals surface area contributed by atoms with Crippen LogP contribution in [-0.2, 0) is 11.3 Å². The maximum absolute atomic E-state index is 12.5. The van der Waals surface area contributed by atoms with Crippen LogP contribution in [0.2, 0.25) is 0 Å². The van der Waals surface area contributed by atoms with E-state index in [0.29, 0.717) is 17.1 Å². The summed E-state index contributed by atoms with van der Waals surface area (Å²) < 4.78 is 7.95. The van der Waals surface area contributed by atoms with Gasteiger partial charge < -0.3 is 14.3 Å². The Kier molecular flexibility index (Phi) is 4.03. The van der Waals surface area contributed by atoms with E-state index in [0.717, 1.165) is 10.1 Å². The van der Waals surface area contributed by atoms with Crippen LogP contribution in [0.5, 0.6) is 0 Å². The van der Waals surface area contributed by atoms with E-state index in [1.165, 1.54) is 18.7 Å². The van der Waals surface area contributed by atoms with Gasteiger partial charge in [-0.25, -0.2) is 4.98 Å². The fourth-order valence-electron chi connectivity index (χ4n) is 2.71. The van der Waals surface area contributed by atoms with Gasteiger partial charge in [-0.2, -0.15) is 9.50 Å². The maximum atomic E-state index is 12.5. The molecule has 1 N–H and O–H groups in total. The van der Waals surface area contributed by atoms with Gasteiger partial charge in [0.15, 0.2) is 12.2 Å². The van der Waals surface area contributed by atoms with Crippen molar-refractivity contribution in [2.75, 3.05) is 5.32 Å². The Morgan fingerprint density at radius 1 is 1.22 bits per heavy atom. The molecule has 0 spiro atoms. The second kappa shape index (κ2) is 6.52. The predicted molar refractivity (Wildman–Crippen MR) is 97.3 cm³/mol. The van der Waals surface area contributed by atoms with E-state index < -0.39 is 0 Å². The highest BCUT2D eigenvalue weighted by Crippen LogP contribution is 2.15. The first kappa shape index (κ1) is 16.7. The molecule has 0 saturated heterocycles. The second-order valence-corrected chi connectivity index (χ2v) is 6.14. The number of nitrogens with zero attached hydrogens (tertiary/aromatic N) is 5. The van der Waals surface area contributed by atoms with E-state index in [1.807, 2.05) is 31.2 Å². The van der Waals surface area contributed by atoms with Gasteiger partial charge in [0.25, 0.3) is 5.56 Å². The summed E-state index contributed by atoms with van der Waals surface area (Å²) in [5.74, 6) is 0.580. The van der Waals surface area contributed by atoms with Gasteiger partial charge in [0.1, 0.15) is 6.54 Å². The summed E-state index contributed by atoms with van der Waals surface area (Å²) in [6, 6.07) is 8.91. The number of carbonyl (C=O) groups excluding carboxylic acids is 1. The Balaban J connectivity index is 1.69. The molecular formula is C18H16N6O3. The number of hydrogen-bond donors (Lipinski definition) is 1. The number of fused-ring (bicyclic) bond motifs is 1. The van der Waals surface area contributed by atoms with Gasteiger partial charge in [0, 0.05) is 17.4 Å². The number of oxazole rings is 1. The molecule has 0 unspecified atom stereocenters. The molecule has 0 radical (unpaired) electrons. The lowest BCUT2D eigenvalue weighted by atomic mass is 10.2. The zero-order chi connectivity index (χ0) is 19.0. The van der Waals surface area contributed by atoms with Crippen LogP contribution in [0.4, 0.5) is 5.69 Å². The highest BCUT2D eigenvalue weighted by molar-refractivity contribution is 5.90. The quantitative estimate of drug-likeness (QED) is 0.592. The maximum Gasteiger partial charge on any atom is 0.275 e. The number of hydrogen-bond acceptors (Lipinski definition) is 6. The number of amides is 1. The van der Waals surface area contributed by atoms with Gasteiger partial charge in [0.05, 0.1) is 6.20 Å². The molecule has 1 aromatic carbocycles. The third-order valence-electron chi connectivity index (χ3n) is 4.09. The first-order chi connectivity index (χ1) is 13.0. The SMILES string of the molecule is Cc1ccc(NC(=O)Cn2c(C)cc(=O)n3nc(-c4cnco4)nc23)cc1. The number of aryl methyl sites for hydroxylation is 2. The number of aromatic nitrogens is 5. The van der Waals surface area contributed by atoms with Crippen molar-refractivity contribution in [2.24, 2.45) is 0 Å². The van der Waals surface area contributed by atoms with Crippen molar-refractivity contribution in [1.82, 2.24) is 24.1 Å². The Morgan fingerprint density at radius 3 is 2.70 bits per heavy atom. The second-order valence-electron chi connectivity index (χ2n) is 6.14. The molecule has 4 aromatic rings. The monoisotopic (exact) mass is 364 g/mol. The lowest BCUT2D eigenvalue weighted by molar-refractivity contribution is -0.116. The van der Waals surface area contributed by atoms with Gasteiger partial charge in [-0.05, 0) is 26.0 Å². The molecule has 136 valence electrons. The number of benzene rings is 1. The summed E-state index contributed by atoms with van der Waals surface area (Å²) in [6.45, 7) is 3.70. The Morgan fingerprint density at radius 2 is 2.00 bits per heavy atom. The number of anilines is 1. The van der Waals surface area contributed by atoms with Crippen LogP contribution in [-0.4, -0.2) is 30.1 Å². The first-order valence-electron chi connectivity index (χ1n) is 8.24. The van der Waals surface area contributed by atoms with Crippen molar-refractivity contribution in [3.05, 3.63) is 64.5 Å². The summed E-state index contributed by atoms with van der Waals surface area (Å²) in [5, 5.41) is 7.00. The topological polar surface area (TPSA) is 107 Å². The molecule has 0 atom stereocenters. The summed E-state index contributed by atoms with van der Waals surface area (Å²) in [4.78, 5) is 32.9. The number of rotatable bonds is 4. The van der Waals surface area contributed by atoms with E-state index in [-0.39, 0.29) is 29.6 Å². The van der Waals surface area contributed by atoms with E-state index in [4.69, 9.17) is 4.42 Å². The molecule has 27 heavy (non-hydrogen) atoms. The summed E-state index contributed by atoms with van der Waals surface area (Å²) in [5.41, 5.74) is 2.07. The van der Waals surface area contributed by atoms with Crippen LogP contribution in [0.3, 0.4) is 0 Å². The molecule has 1 amide bonds. The molecule has 0 fully saturated rings. The van der Waals surface area contributed by atoms with Crippen molar-refractivity contribution in [1.29, 1.82) is 0 Å². The largest absolute Gasteiger partial charge is 0.440 e. The van der Waals surface area contributed by atoms with E-state index in [1.54, 1.807) is 11.5 Å². The zero-order valence-electron chi connectivity index (χ0n) is 14.7. The summed E-state index contributed by atoms with van der Waals surface area (Å²) in [6.07, 6.45) is 2.72. The van der Waals surface area contributed by atoms with Crippen LogP contribution in [0.1, 0.15) is 11.3 Å². The van der Waals surface area contributed by atoms with Crippen molar-refractivity contribution in [3.8, 4) is 11.6 Å². The van der Waals surface area contributed by atoms with Crippen LogP contribution < -0.4 is 10.9 Å². The van der Waals surface area contributed by atoms with Crippen LogP contribution in [0, 0.1) is 13.8 Å². The van der Waals surface area contributed by atoms with E-state index >= 15 is 0 Å². The predicted octanol–water partition coefficient (Wildman–Crippen LogP) is 1.80. The highest BCUT2D eigenvalue weighted by atomic mass is 16.3. The molecule has 0 saturated carbocycles. The van der Waals surface area contributed by atoms with Gasteiger partial charge in [-0.15, -0.1) is 5.10 Å². The Bertz CT molecular complexity index is 1170. The molecule has 9 nitrogen and oxygen atoms in total. The third kappa shape index (κ3) is 3.22. The van der Waals surface area contributed by atoms with Crippen molar-refractivity contribution < 1.29 is 9.21 Å². The van der Waals surface area contributed by atoms with Gasteiger partial charge in [-0.1, -0.05) is 17.7 Å². The van der Waals surface area contributed by atoms with Crippen LogP contribution in [0.25, 0.3) is 17.4 Å². The number of nitrogens with one attached hydrogen (secondary N) is 1. The van der Waals surface area contributed by atoms with Crippen LogP contribution >= 0.6 is 0 Å². The summed E-state index contributed by atoms with van der Waals surface area (Å²) in [7, 11) is 0. The first-order valence-corrected chi connectivity index (χ1v) is 8.24. The third-order valence-corrected chi connectivity index (χ3v) is 4.09. The van der Waals surface area contributed by atoms with Gasteiger partial charge in [-0.3, -0.25) is 9.59 Å². The minimum Gasteiger partial charge on any atom is -0.440 e. The van der Waals surface area contributed by atoms with Crippen molar-refractivity contribution in [2.45, 2.75) is 20.4 Å². The Hall–Kier alpha value is -3.75. The minimum atomic E-state index is -0.337. The van der Waals surface area contributed by atoms with E-state index in [2.05, 4.69) is 20.4 Å².